The third-order valence-corrected chi connectivity index (χ3v) is 4.17. The van der Waals surface area contributed by atoms with Crippen LogP contribution in [0.25, 0.3) is 0 Å². The van der Waals surface area contributed by atoms with Gasteiger partial charge in [0.15, 0.2) is 0 Å². The van der Waals surface area contributed by atoms with Crippen LogP contribution in [-0.4, -0.2) is 68.9 Å². The quantitative estimate of drug-likeness (QED) is 0.703. The van der Waals surface area contributed by atoms with Gasteiger partial charge in [-0.25, -0.2) is 8.42 Å². The van der Waals surface area contributed by atoms with Crippen LogP contribution in [-0.2, 0) is 14.6 Å². The first-order valence-corrected chi connectivity index (χ1v) is 8.66. The predicted molar refractivity (Wildman–Crippen MR) is 72.3 cm³/mol. The number of piperazine rings is 1. The molecule has 106 valence electrons. The summed E-state index contributed by atoms with van der Waals surface area (Å²) in [4.78, 5) is 15.8. The maximum Gasteiger partial charge on any atom is 0.222 e. The van der Waals surface area contributed by atoms with Crippen molar-refractivity contribution in [3.8, 4) is 0 Å². The zero-order valence-corrected chi connectivity index (χ0v) is 12.2. The summed E-state index contributed by atoms with van der Waals surface area (Å²) in [6.07, 6.45) is 3.89. The Labute approximate surface area is 110 Å². The highest BCUT2D eigenvalue weighted by Gasteiger charge is 2.20. The van der Waals surface area contributed by atoms with E-state index in [0.717, 1.165) is 39.0 Å². The molecular weight excluding hydrogens is 252 g/mol. The number of hydrogen-bond acceptors (Lipinski definition) is 4. The number of carbonyl (C=O) groups is 1. The molecule has 1 fully saturated rings. The van der Waals surface area contributed by atoms with E-state index in [4.69, 9.17) is 0 Å². The molecule has 0 aromatic rings. The molecule has 1 rings (SSSR count). The standard InChI is InChI=1S/C12H24N2O3S/c1-3-4-5-12(15)14-8-6-13(7-9-14)10-11-18(2,16)17/h3-11H2,1-2H3. The molecule has 0 spiro atoms. The molecule has 1 amide bonds. The number of sulfone groups is 1. The number of rotatable bonds is 6. The largest absolute Gasteiger partial charge is 0.340 e. The maximum absolute atomic E-state index is 11.8. The van der Waals surface area contributed by atoms with Gasteiger partial charge in [0.25, 0.3) is 0 Å². The van der Waals surface area contributed by atoms with Gasteiger partial charge < -0.3 is 4.90 Å². The van der Waals surface area contributed by atoms with E-state index in [1.807, 2.05) is 4.90 Å². The summed E-state index contributed by atoms with van der Waals surface area (Å²) in [6.45, 7) is 5.69. The number of hydrogen-bond donors (Lipinski definition) is 0. The molecule has 0 atom stereocenters. The lowest BCUT2D eigenvalue weighted by Gasteiger charge is -2.34. The Morgan fingerprint density at radius 1 is 1.17 bits per heavy atom. The molecule has 1 aliphatic heterocycles. The van der Waals surface area contributed by atoms with Crippen molar-refractivity contribution >= 4 is 15.7 Å². The normalized spacial score (nSPS) is 18.0. The van der Waals surface area contributed by atoms with Gasteiger partial charge in [0.1, 0.15) is 9.84 Å². The van der Waals surface area contributed by atoms with E-state index in [-0.39, 0.29) is 11.7 Å². The van der Waals surface area contributed by atoms with Gasteiger partial charge in [-0.1, -0.05) is 13.3 Å². The van der Waals surface area contributed by atoms with Crippen LogP contribution in [0.3, 0.4) is 0 Å². The highest BCUT2D eigenvalue weighted by molar-refractivity contribution is 7.90. The molecule has 0 radical (unpaired) electrons. The molecule has 0 unspecified atom stereocenters. The molecule has 6 heteroatoms. The maximum atomic E-state index is 11.8. The lowest BCUT2D eigenvalue weighted by atomic mass is 10.2. The molecule has 5 nitrogen and oxygen atoms in total. The van der Waals surface area contributed by atoms with E-state index < -0.39 is 9.84 Å². The molecule has 1 saturated heterocycles. The van der Waals surface area contributed by atoms with Crippen LogP contribution in [0.1, 0.15) is 26.2 Å². The van der Waals surface area contributed by atoms with Gasteiger partial charge in [-0.3, -0.25) is 9.69 Å². The molecule has 1 heterocycles. The first-order chi connectivity index (χ1) is 8.42. The Morgan fingerprint density at radius 3 is 2.28 bits per heavy atom. The summed E-state index contributed by atoms with van der Waals surface area (Å²) in [5.74, 6) is 0.441. The third kappa shape index (κ3) is 5.82. The summed E-state index contributed by atoms with van der Waals surface area (Å²) >= 11 is 0. The average Bonchev–Trinajstić information content (AvgIpc) is 2.33. The van der Waals surface area contributed by atoms with Gasteiger partial charge in [0, 0.05) is 45.4 Å². The van der Waals surface area contributed by atoms with Crippen LogP contribution in [0, 0.1) is 0 Å². The molecule has 1 aliphatic rings. The first-order valence-electron chi connectivity index (χ1n) is 6.60. The summed E-state index contributed by atoms with van der Waals surface area (Å²) in [6, 6.07) is 0. The highest BCUT2D eigenvalue weighted by atomic mass is 32.2. The number of nitrogens with zero attached hydrogens (tertiary/aromatic N) is 2. The van der Waals surface area contributed by atoms with Gasteiger partial charge in [-0.15, -0.1) is 0 Å². The molecule has 0 N–H and O–H groups in total. The van der Waals surface area contributed by atoms with Crippen molar-refractivity contribution in [1.29, 1.82) is 0 Å². The van der Waals surface area contributed by atoms with Crippen molar-refractivity contribution in [1.82, 2.24) is 9.80 Å². The molecule has 0 saturated carbocycles. The minimum atomic E-state index is -2.89. The number of unbranched alkanes of at least 4 members (excludes halogenated alkanes) is 1. The monoisotopic (exact) mass is 276 g/mol. The first kappa shape index (κ1) is 15.4. The zero-order chi connectivity index (χ0) is 13.6. The van der Waals surface area contributed by atoms with Gasteiger partial charge in [-0.05, 0) is 6.42 Å². The van der Waals surface area contributed by atoms with Crippen molar-refractivity contribution in [2.75, 3.05) is 44.7 Å². The fourth-order valence-corrected chi connectivity index (χ4v) is 2.59. The van der Waals surface area contributed by atoms with Crippen molar-refractivity contribution < 1.29 is 13.2 Å². The van der Waals surface area contributed by atoms with E-state index in [9.17, 15) is 13.2 Å². The molecule has 18 heavy (non-hydrogen) atoms. The number of carbonyl (C=O) groups excluding carboxylic acids is 1. The topological polar surface area (TPSA) is 57.7 Å². The summed E-state index contributed by atoms with van der Waals surface area (Å²) in [5.41, 5.74) is 0. The Balaban J connectivity index is 2.26. The van der Waals surface area contributed by atoms with Crippen LogP contribution in [0.15, 0.2) is 0 Å². The molecular formula is C12H24N2O3S. The highest BCUT2D eigenvalue weighted by Crippen LogP contribution is 2.06. The second kappa shape index (κ2) is 7.09. The van der Waals surface area contributed by atoms with Crippen LogP contribution in [0.2, 0.25) is 0 Å². The second-order valence-corrected chi connectivity index (χ2v) is 7.22. The lowest BCUT2D eigenvalue weighted by Crippen LogP contribution is -2.49. The Kier molecular flexibility index (Phi) is 6.08. The molecule has 0 aliphatic carbocycles. The predicted octanol–water partition coefficient (Wildman–Crippen LogP) is 0.365. The molecule has 0 aromatic carbocycles. The van der Waals surface area contributed by atoms with Crippen LogP contribution in [0.5, 0.6) is 0 Å². The van der Waals surface area contributed by atoms with Crippen LogP contribution >= 0.6 is 0 Å². The molecule has 0 aromatic heterocycles. The summed E-state index contributed by atoms with van der Waals surface area (Å²) in [7, 11) is -2.89. The molecule has 0 bridgehead atoms. The van der Waals surface area contributed by atoms with E-state index in [2.05, 4.69) is 11.8 Å². The van der Waals surface area contributed by atoms with Crippen LogP contribution < -0.4 is 0 Å². The number of amides is 1. The Bertz CT molecular complexity index is 360. The minimum Gasteiger partial charge on any atom is -0.340 e. The fraction of sp³-hybridized carbons (Fsp3) is 0.917. The summed E-state index contributed by atoms with van der Waals surface area (Å²) < 4.78 is 22.1. The van der Waals surface area contributed by atoms with E-state index >= 15 is 0 Å². The van der Waals surface area contributed by atoms with Gasteiger partial charge in [0.2, 0.25) is 5.91 Å². The van der Waals surface area contributed by atoms with Gasteiger partial charge in [0.05, 0.1) is 5.75 Å². The Hall–Kier alpha value is -0.620. The van der Waals surface area contributed by atoms with Gasteiger partial charge in [-0.2, -0.15) is 0 Å². The lowest BCUT2D eigenvalue weighted by molar-refractivity contribution is -0.133. The van der Waals surface area contributed by atoms with Crippen molar-refractivity contribution in [2.45, 2.75) is 26.2 Å². The third-order valence-electron chi connectivity index (χ3n) is 3.25. The van der Waals surface area contributed by atoms with Crippen molar-refractivity contribution in [2.24, 2.45) is 0 Å². The van der Waals surface area contributed by atoms with Crippen LogP contribution in [0.4, 0.5) is 0 Å². The van der Waals surface area contributed by atoms with Crippen molar-refractivity contribution in [3.05, 3.63) is 0 Å². The summed E-state index contributed by atoms with van der Waals surface area (Å²) in [5, 5.41) is 0. The van der Waals surface area contributed by atoms with E-state index in [0.29, 0.717) is 13.0 Å². The van der Waals surface area contributed by atoms with Gasteiger partial charge >= 0.3 is 0 Å². The zero-order valence-electron chi connectivity index (χ0n) is 11.4. The smallest absolute Gasteiger partial charge is 0.222 e. The Morgan fingerprint density at radius 2 is 1.78 bits per heavy atom. The SMILES string of the molecule is CCCCC(=O)N1CCN(CCS(C)(=O)=O)CC1. The van der Waals surface area contributed by atoms with E-state index in [1.165, 1.54) is 6.26 Å². The van der Waals surface area contributed by atoms with Crippen molar-refractivity contribution in [3.63, 3.8) is 0 Å². The minimum absolute atomic E-state index is 0.205. The fourth-order valence-electron chi connectivity index (χ4n) is 2.00. The van der Waals surface area contributed by atoms with E-state index in [1.54, 1.807) is 0 Å². The average molecular weight is 276 g/mol. The second-order valence-electron chi connectivity index (χ2n) is 4.96.